The predicted octanol–water partition coefficient (Wildman–Crippen LogP) is 3.15. The Kier molecular flexibility index (Phi) is 4.55. The maximum Gasteiger partial charge on any atom is 0.338 e. The monoisotopic (exact) mass is 318 g/mol. The van der Waals surface area contributed by atoms with Crippen molar-refractivity contribution in [2.75, 3.05) is 13.2 Å². The zero-order chi connectivity index (χ0) is 16.2. The van der Waals surface area contributed by atoms with E-state index >= 15 is 0 Å². The summed E-state index contributed by atoms with van der Waals surface area (Å²) >= 11 is 0. The summed E-state index contributed by atoms with van der Waals surface area (Å²) in [4.78, 5) is 11.1. The molecule has 0 bridgehead atoms. The quantitative estimate of drug-likeness (QED) is 0.917. The highest BCUT2D eigenvalue weighted by atomic mass is 19.1. The molecule has 1 saturated heterocycles. The minimum Gasteiger partial charge on any atom is -0.488 e. The van der Waals surface area contributed by atoms with Gasteiger partial charge in [0.2, 0.25) is 0 Å². The normalized spacial score (nSPS) is 14.8. The first-order valence-electron chi connectivity index (χ1n) is 7.12. The molecule has 0 atom stereocenters. The highest BCUT2D eigenvalue weighted by Gasteiger charge is 2.26. The minimum atomic E-state index is -1.35. The molecule has 1 aliphatic rings. The van der Waals surface area contributed by atoms with Crippen LogP contribution in [-0.4, -0.2) is 24.3 Å². The molecule has 2 aromatic rings. The fraction of sp³-hybridized carbons (Fsp3) is 0.235. The molecule has 0 radical (unpaired) electrons. The van der Waals surface area contributed by atoms with Gasteiger partial charge in [-0.15, -0.1) is 0 Å². The number of aromatic carboxylic acids is 1. The third-order valence-electron chi connectivity index (χ3n) is 3.44. The van der Waals surface area contributed by atoms with Gasteiger partial charge in [0.1, 0.15) is 18.2 Å². The third-order valence-corrected chi connectivity index (χ3v) is 3.44. The summed E-state index contributed by atoms with van der Waals surface area (Å²) in [5.41, 5.74) is 0.845. The molecule has 1 fully saturated rings. The van der Waals surface area contributed by atoms with E-state index in [2.05, 4.69) is 0 Å². The molecule has 1 aliphatic heterocycles. The van der Waals surface area contributed by atoms with Crippen LogP contribution in [0, 0.1) is 5.82 Å². The number of carboxylic acid groups (broad SMARTS) is 1. The molecule has 6 heteroatoms. The summed E-state index contributed by atoms with van der Waals surface area (Å²) in [5.74, 6) is -2.00. The van der Waals surface area contributed by atoms with Crippen molar-refractivity contribution >= 4 is 5.97 Å². The van der Waals surface area contributed by atoms with Gasteiger partial charge in [-0.25, -0.2) is 9.18 Å². The number of hydrogen-bond acceptors (Lipinski definition) is 4. The largest absolute Gasteiger partial charge is 0.488 e. The maximum atomic E-state index is 14.0. The standard InChI is InChI=1S/C17H15FO5/c18-14-9-15(23-10-11-4-2-1-3-5-11)13(8-12(14)16(19)20)17-21-6-7-22-17/h1-5,8-9,17H,6-7,10H2,(H,19,20). The van der Waals surface area contributed by atoms with Crippen LogP contribution in [0.3, 0.4) is 0 Å². The molecule has 23 heavy (non-hydrogen) atoms. The average Bonchev–Trinajstić information content (AvgIpc) is 3.08. The first-order chi connectivity index (χ1) is 11.1. The zero-order valence-corrected chi connectivity index (χ0v) is 12.2. The molecule has 0 spiro atoms. The fourth-order valence-corrected chi connectivity index (χ4v) is 2.32. The van der Waals surface area contributed by atoms with Crippen molar-refractivity contribution in [2.45, 2.75) is 12.9 Å². The minimum absolute atomic E-state index is 0.211. The first-order valence-corrected chi connectivity index (χ1v) is 7.12. The van der Waals surface area contributed by atoms with E-state index in [9.17, 15) is 9.18 Å². The van der Waals surface area contributed by atoms with E-state index in [0.29, 0.717) is 18.8 Å². The molecule has 2 aromatic carbocycles. The summed E-state index contributed by atoms with van der Waals surface area (Å²) in [6.45, 7) is 1.01. The van der Waals surface area contributed by atoms with Crippen molar-refractivity contribution in [2.24, 2.45) is 0 Å². The van der Waals surface area contributed by atoms with Crippen molar-refractivity contribution in [3.05, 3.63) is 65.0 Å². The second-order valence-electron chi connectivity index (χ2n) is 5.02. The average molecular weight is 318 g/mol. The van der Waals surface area contributed by atoms with Crippen LogP contribution in [-0.2, 0) is 16.1 Å². The molecule has 3 rings (SSSR count). The number of carbonyl (C=O) groups is 1. The number of halogens is 1. The maximum absolute atomic E-state index is 14.0. The van der Waals surface area contributed by atoms with Gasteiger partial charge >= 0.3 is 5.97 Å². The van der Waals surface area contributed by atoms with Gasteiger partial charge in [-0.2, -0.15) is 0 Å². The summed E-state index contributed by atoms with van der Waals surface area (Å²) in [6.07, 6.45) is -0.750. The number of hydrogen-bond donors (Lipinski definition) is 1. The Balaban J connectivity index is 1.90. The van der Waals surface area contributed by atoms with Gasteiger partial charge in [-0.3, -0.25) is 0 Å². The number of carboxylic acids is 1. The Morgan fingerprint density at radius 1 is 1.22 bits per heavy atom. The molecule has 1 heterocycles. The smallest absolute Gasteiger partial charge is 0.338 e. The molecule has 120 valence electrons. The summed E-state index contributed by atoms with van der Waals surface area (Å²) < 4.78 is 30.4. The van der Waals surface area contributed by atoms with E-state index in [-0.39, 0.29) is 12.4 Å². The van der Waals surface area contributed by atoms with E-state index in [4.69, 9.17) is 19.3 Å². The molecule has 0 aliphatic carbocycles. The van der Waals surface area contributed by atoms with Crippen LogP contribution in [0.2, 0.25) is 0 Å². The third kappa shape index (κ3) is 3.49. The van der Waals surface area contributed by atoms with Gasteiger partial charge < -0.3 is 19.3 Å². The van der Waals surface area contributed by atoms with Gasteiger partial charge in [0.05, 0.1) is 24.3 Å². The molecular weight excluding hydrogens is 303 g/mol. The van der Waals surface area contributed by atoms with Crippen LogP contribution < -0.4 is 4.74 Å². The lowest BCUT2D eigenvalue weighted by Crippen LogP contribution is -2.09. The van der Waals surface area contributed by atoms with Gasteiger partial charge in [-0.05, 0) is 11.6 Å². The zero-order valence-electron chi connectivity index (χ0n) is 12.2. The van der Waals surface area contributed by atoms with E-state index in [1.165, 1.54) is 6.07 Å². The van der Waals surface area contributed by atoms with Crippen LogP contribution >= 0.6 is 0 Å². The summed E-state index contributed by atoms with van der Waals surface area (Å²) in [7, 11) is 0. The molecule has 1 N–H and O–H groups in total. The van der Waals surface area contributed by atoms with E-state index in [1.54, 1.807) is 0 Å². The number of ether oxygens (including phenoxy) is 3. The molecular formula is C17H15FO5. The summed E-state index contributed by atoms with van der Waals surface area (Å²) in [5, 5.41) is 9.07. The van der Waals surface area contributed by atoms with Crippen LogP contribution in [0.4, 0.5) is 4.39 Å². The molecule has 5 nitrogen and oxygen atoms in total. The Hall–Kier alpha value is -2.44. The van der Waals surface area contributed by atoms with Crippen molar-refractivity contribution in [1.29, 1.82) is 0 Å². The Morgan fingerprint density at radius 3 is 2.57 bits per heavy atom. The molecule has 0 saturated carbocycles. The van der Waals surface area contributed by atoms with Crippen LogP contribution in [0.15, 0.2) is 42.5 Å². The van der Waals surface area contributed by atoms with E-state index in [0.717, 1.165) is 11.6 Å². The van der Waals surface area contributed by atoms with Crippen molar-refractivity contribution < 1.29 is 28.5 Å². The molecule has 0 amide bonds. The Bertz CT molecular complexity index is 696. The predicted molar refractivity (Wildman–Crippen MR) is 78.8 cm³/mol. The second kappa shape index (κ2) is 6.76. The number of rotatable bonds is 5. The SMILES string of the molecule is O=C(O)c1cc(C2OCCO2)c(OCc2ccccc2)cc1F. The van der Waals surface area contributed by atoms with Crippen LogP contribution in [0.5, 0.6) is 5.75 Å². The van der Waals surface area contributed by atoms with Crippen LogP contribution in [0.25, 0.3) is 0 Å². The van der Waals surface area contributed by atoms with E-state index < -0.39 is 23.6 Å². The lowest BCUT2D eigenvalue weighted by Gasteiger charge is -2.17. The first kappa shape index (κ1) is 15.5. The topological polar surface area (TPSA) is 65.0 Å². The van der Waals surface area contributed by atoms with Gasteiger partial charge in [-0.1, -0.05) is 30.3 Å². The fourth-order valence-electron chi connectivity index (χ4n) is 2.32. The Morgan fingerprint density at radius 2 is 1.91 bits per heavy atom. The second-order valence-corrected chi connectivity index (χ2v) is 5.02. The van der Waals surface area contributed by atoms with Crippen LogP contribution in [0.1, 0.15) is 27.8 Å². The van der Waals surface area contributed by atoms with Crippen molar-refractivity contribution in [1.82, 2.24) is 0 Å². The van der Waals surface area contributed by atoms with E-state index in [1.807, 2.05) is 30.3 Å². The van der Waals surface area contributed by atoms with Gasteiger partial charge in [0.15, 0.2) is 6.29 Å². The lowest BCUT2D eigenvalue weighted by atomic mass is 10.1. The van der Waals surface area contributed by atoms with Crippen molar-refractivity contribution in [3.63, 3.8) is 0 Å². The molecule has 0 unspecified atom stereocenters. The highest BCUT2D eigenvalue weighted by molar-refractivity contribution is 5.88. The van der Waals surface area contributed by atoms with Gasteiger partial charge in [0.25, 0.3) is 0 Å². The summed E-state index contributed by atoms with van der Waals surface area (Å²) in [6, 6.07) is 11.7. The number of benzene rings is 2. The Labute approximate surface area is 132 Å². The highest BCUT2D eigenvalue weighted by Crippen LogP contribution is 2.34. The van der Waals surface area contributed by atoms with Gasteiger partial charge in [0, 0.05) is 6.07 Å². The lowest BCUT2D eigenvalue weighted by molar-refractivity contribution is -0.0459. The van der Waals surface area contributed by atoms with Crippen molar-refractivity contribution in [3.8, 4) is 5.75 Å². The molecule has 0 aromatic heterocycles.